The molecule has 0 bridgehead atoms. The molecule has 0 radical (unpaired) electrons. The highest BCUT2D eigenvalue weighted by Gasteiger charge is 2.13. The fourth-order valence-corrected chi connectivity index (χ4v) is 4.16. The maximum absolute atomic E-state index is 10.4. The van der Waals surface area contributed by atoms with Gasteiger partial charge in [0.25, 0.3) is 0 Å². The van der Waals surface area contributed by atoms with E-state index in [1.54, 1.807) is 24.0 Å². The van der Waals surface area contributed by atoms with Crippen LogP contribution in [-0.2, 0) is 0 Å². The number of fused-ring (bicyclic) bond motifs is 2. The summed E-state index contributed by atoms with van der Waals surface area (Å²) in [5.41, 5.74) is 2.30. The normalized spacial score (nSPS) is 12.5. The van der Waals surface area contributed by atoms with Gasteiger partial charge in [0.15, 0.2) is 5.76 Å². The highest BCUT2D eigenvalue weighted by Crippen LogP contribution is 2.29. The minimum atomic E-state index is 0.184. The molecule has 0 unspecified atom stereocenters. The van der Waals surface area contributed by atoms with Crippen LogP contribution in [0.2, 0.25) is 0 Å². The van der Waals surface area contributed by atoms with Crippen molar-refractivity contribution in [1.29, 1.82) is 0 Å². The van der Waals surface area contributed by atoms with Gasteiger partial charge in [-0.1, -0.05) is 48.5 Å². The largest absolute Gasteiger partial charge is 0.507 e. The number of phenols is 1. The van der Waals surface area contributed by atoms with Crippen molar-refractivity contribution in [2.45, 2.75) is 0 Å². The van der Waals surface area contributed by atoms with Crippen molar-refractivity contribution in [3.63, 3.8) is 0 Å². The van der Waals surface area contributed by atoms with Crippen LogP contribution >= 0.6 is 11.3 Å². The van der Waals surface area contributed by atoms with Gasteiger partial charge in [0.05, 0.1) is 6.21 Å². The molecule has 2 aromatic heterocycles. The second-order valence-corrected chi connectivity index (χ2v) is 7.39. The Morgan fingerprint density at radius 1 is 1.00 bits per heavy atom. The SMILES string of the molecule is CN=c1scc(-c2cc3ccccc3o2)n1N=Cc1c(O)ccc2ccccc12. The molecular formula is C23H17N3O2S. The molecule has 2 heterocycles. The smallest absolute Gasteiger partial charge is 0.206 e. The van der Waals surface area contributed by atoms with Gasteiger partial charge in [0.2, 0.25) is 4.80 Å². The Morgan fingerprint density at radius 3 is 2.62 bits per heavy atom. The van der Waals surface area contributed by atoms with E-state index in [-0.39, 0.29) is 5.75 Å². The molecule has 0 aliphatic rings. The van der Waals surface area contributed by atoms with Gasteiger partial charge < -0.3 is 9.52 Å². The number of thiazole rings is 1. The van der Waals surface area contributed by atoms with Gasteiger partial charge in [-0.3, -0.25) is 4.99 Å². The molecule has 0 aliphatic heterocycles. The lowest BCUT2D eigenvalue weighted by Crippen LogP contribution is -2.11. The Morgan fingerprint density at radius 2 is 1.79 bits per heavy atom. The summed E-state index contributed by atoms with van der Waals surface area (Å²) in [6.07, 6.45) is 1.67. The molecule has 142 valence electrons. The first-order valence-corrected chi connectivity index (χ1v) is 10.00. The van der Waals surface area contributed by atoms with Crippen molar-refractivity contribution in [3.8, 4) is 17.2 Å². The number of benzene rings is 3. The topological polar surface area (TPSA) is 63.0 Å². The quantitative estimate of drug-likeness (QED) is 0.422. The van der Waals surface area contributed by atoms with Crippen LogP contribution in [0, 0.1) is 0 Å². The van der Waals surface area contributed by atoms with E-state index in [0.29, 0.717) is 5.56 Å². The van der Waals surface area contributed by atoms with E-state index >= 15 is 0 Å². The van der Waals surface area contributed by atoms with E-state index in [1.165, 1.54) is 11.3 Å². The van der Waals surface area contributed by atoms with Gasteiger partial charge in [-0.25, -0.2) is 4.68 Å². The molecule has 0 amide bonds. The maximum Gasteiger partial charge on any atom is 0.206 e. The molecule has 0 saturated heterocycles. The van der Waals surface area contributed by atoms with Gasteiger partial charge in [0.1, 0.15) is 17.0 Å². The molecule has 0 aliphatic carbocycles. The first-order chi connectivity index (χ1) is 14.2. The molecule has 0 atom stereocenters. The number of furan rings is 1. The Balaban J connectivity index is 1.66. The third-order valence-electron chi connectivity index (χ3n) is 4.80. The Labute approximate surface area is 170 Å². The van der Waals surface area contributed by atoms with Crippen molar-refractivity contribution in [1.82, 2.24) is 4.68 Å². The van der Waals surface area contributed by atoms with E-state index in [9.17, 15) is 5.11 Å². The van der Waals surface area contributed by atoms with Crippen LogP contribution in [0.4, 0.5) is 0 Å². The van der Waals surface area contributed by atoms with Crippen LogP contribution in [0.1, 0.15) is 5.56 Å². The first kappa shape index (κ1) is 17.5. The fourth-order valence-electron chi connectivity index (χ4n) is 3.38. The van der Waals surface area contributed by atoms with Crippen molar-refractivity contribution in [3.05, 3.63) is 82.5 Å². The standard InChI is InChI=1S/C23H17N3O2S/c1-24-23-26(19(14-29-23)22-12-16-7-3-5-9-21(16)28-22)25-13-18-17-8-4-2-6-15(17)10-11-20(18)27/h2-14,27H,1H3. The average Bonchev–Trinajstić information content (AvgIpc) is 3.36. The van der Waals surface area contributed by atoms with Crippen LogP contribution in [-0.4, -0.2) is 23.0 Å². The lowest BCUT2D eigenvalue weighted by molar-refractivity contribution is 0.475. The minimum absolute atomic E-state index is 0.184. The molecule has 3 aromatic carbocycles. The Kier molecular flexibility index (Phi) is 4.26. The van der Waals surface area contributed by atoms with Crippen LogP contribution in [0.5, 0.6) is 5.75 Å². The zero-order valence-corrected chi connectivity index (χ0v) is 16.4. The summed E-state index contributed by atoms with van der Waals surface area (Å²) in [4.78, 5) is 5.06. The molecule has 0 fully saturated rings. The summed E-state index contributed by atoms with van der Waals surface area (Å²) in [5.74, 6) is 0.903. The number of phenolic OH excluding ortho intramolecular Hbond substituents is 1. The van der Waals surface area contributed by atoms with Crippen molar-refractivity contribution >= 4 is 39.3 Å². The summed E-state index contributed by atoms with van der Waals surface area (Å²) >= 11 is 1.48. The Bertz CT molecular complexity index is 1410. The minimum Gasteiger partial charge on any atom is -0.507 e. The third-order valence-corrected chi connectivity index (χ3v) is 5.71. The summed E-state index contributed by atoms with van der Waals surface area (Å²) in [5, 5.41) is 20.0. The number of rotatable bonds is 3. The second kappa shape index (κ2) is 7.07. The van der Waals surface area contributed by atoms with Crippen molar-refractivity contribution < 1.29 is 9.52 Å². The number of hydrogen-bond acceptors (Lipinski definition) is 5. The zero-order chi connectivity index (χ0) is 19.8. The van der Waals surface area contributed by atoms with Crippen LogP contribution in [0.3, 0.4) is 0 Å². The monoisotopic (exact) mass is 399 g/mol. The van der Waals surface area contributed by atoms with Crippen LogP contribution in [0.15, 0.2) is 86.6 Å². The third kappa shape index (κ3) is 3.03. The lowest BCUT2D eigenvalue weighted by atomic mass is 10.0. The summed E-state index contributed by atoms with van der Waals surface area (Å²) < 4.78 is 7.76. The molecule has 5 rings (SSSR count). The Hall–Kier alpha value is -3.64. The fraction of sp³-hybridized carbons (Fsp3) is 0.0435. The highest BCUT2D eigenvalue weighted by atomic mass is 32.1. The predicted molar refractivity (Wildman–Crippen MR) is 118 cm³/mol. The number of aromatic nitrogens is 1. The predicted octanol–water partition coefficient (Wildman–Crippen LogP) is 5.23. The molecule has 5 nitrogen and oxygen atoms in total. The molecule has 5 aromatic rings. The number of nitrogens with zero attached hydrogens (tertiary/aromatic N) is 3. The zero-order valence-electron chi connectivity index (χ0n) is 15.6. The maximum atomic E-state index is 10.4. The lowest BCUT2D eigenvalue weighted by Gasteiger charge is -2.05. The van der Waals surface area contributed by atoms with E-state index in [4.69, 9.17) is 4.42 Å². The van der Waals surface area contributed by atoms with Crippen molar-refractivity contribution in [2.24, 2.45) is 10.1 Å². The highest BCUT2D eigenvalue weighted by molar-refractivity contribution is 7.07. The molecular weight excluding hydrogens is 382 g/mol. The first-order valence-electron chi connectivity index (χ1n) is 9.12. The second-order valence-electron chi connectivity index (χ2n) is 6.55. The van der Waals surface area contributed by atoms with Crippen molar-refractivity contribution in [2.75, 3.05) is 7.05 Å². The van der Waals surface area contributed by atoms with Gasteiger partial charge in [0, 0.05) is 23.4 Å². The summed E-state index contributed by atoms with van der Waals surface area (Å²) in [6, 6.07) is 21.4. The van der Waals surface area contributed by atoms with Crippen LogP contribution < -0.4 is 4.80 Å². The molecule has 6 heteroatoms. The van der Waals surface area contributed by atoms with E-state index < -0.39 is 0 Å². The molecule has 0 saturated carbocycles. The summed E-state index contributed by atoms with van der Waals surface area (Å²) in [7, 11) is 1.73. The van der Waals surface area contributed by atoms with E-state index in [1.807, 2.05) is 66.0 Å². The van der Waals surface area contributed by atoms with E-state index in [0.717, 1.165) is 38.0 Å². The molecule has 29 heavy (non-hydrogen) atoms. The van der Waals surface area contributed by atoms with Gasteiger partial charge in [-0.15, -0.1) is 11.3 Å². The number of aromatic hydroxyl groups is 1. The molecule has 0 spiro atoms. The molecule has 1 N–H and O–H groups in total. The van der Waals surface area contributed by atoms with Gasteiger partial charge in [-0.2, -0.15) is 5.10 Å². The van der Waals surface area contributed by atoms with Crippen LogP contribution in [0.25, 0.3) is 33.2 Å². The number of hydrogen-bond donors (Lipinski definition) is 1. The average molecular weight is 399 g/mol. The van der Waals surface area contributed by atoms with Gasteiger partial charge in [-0.05, 0) is 29.0 Å². The van der Waals surface area contributed by atoms with Gasteiger partial charge >= 0.3 is 0 Å². The summed E-state index contributed by atoms with van der Waals surface area (Å²) in [6.45, 7) is 0. The van der Waals surface area contributed by atoms with E-state index in [2.05, 4.69) is 10.1 Å². The number of para-hydroxylation sites is 1.